The van der Waals surface area contributed by atoms with Crippen LogP contribution in [-0.4, -0.2) is 0 Å². The molecule has 4 aromatic rings. The maximum absolute atomic E-state index is 5.99. The number of nitrogens with two attached hydrogens (primary N) is 2. The van der Waals surface area contributed by atoms with Crippen LogP contribution in [0.4, 0.5) is 11.4 Å². The topological polar surface area (TPSA) is 70.5 Å². The van der Waals surface area contributed by atoms with Gasteiger partial charge in [-0.15, -0.1) is 0 Å². The highest BCUT2D eigenvalue weighted by atomic mass is 16.5. The van der Waals surface area contributed by atoms with Crippen molar-refractivity contribution in [2.24, 2.45) is 0 Å². The van der Waals surface area contributed by atoms with Gasteiger partial charge in [0.1, 0.15) is 23.0 Å². The Kier molecular flexibility index (Phi) is 4.14. The lowest BCUT2D eigenvalue weighted by Gasteiger charge is -2.12. The maximum atomic E-state index is 5.99. The first-order valence-corrected chi connectivity index (χ1v) is 9.85. The minimum Gasteiger partial charge on any atom is -0.457 e. The molecule has 0 radical (unpaired) electrons. The van der Waals surface area contributed by atoms with E-state index in [2.05, 4.69) is 31.2 Å². The molecule has 0 fully saturated rings. The Morgan fingerprint density at radius 2 is 0.967 bits per heavy atom. The van der Waals surface area contributed by atoms with E-state index in [0.717, 1.165) is 34.4 Å². The first-order chi connectivity index (χ1) is 14.5. The Bertz CT molecular complexity index is 1200. The average molecular weight is 394 g/mol. The van der Waals surface area contributed by atoms with E-state index in [-0.39, 0.29) is 5.41 Å². The van der Waals surface area contributed by atoms with Gasteiger partial charge in [-0.05, 0) is 96.4 Å². The molecule has 0 amide bonds. The molecule has 0 aliphatic heterocycles. The Morgan fingerprint density at radius 1 is 0.533 bits per heavy atom. The second-order valence-corrected chi connectivity index (χ2v) is 7.70. The van der Waals surface area contributed by atoms with Crippen molar-refractivity contribution in [1.82, 2.24) is 0 Å². The molecule has 5 rings (SSSR count). The lowest BCUT2D eigenvalue weighted by molar-refractivity contribution is 0.482. The van der Waals surface area contributed by atoms with Gasteiger partial charge in [-0.25, -0.2) is 0 Å². The third-order valence-electron chi connectivity index (χ3n) is 5.67. The molecule has 0 bridgehead atoms. The van der Waals surface area contributed by atoms with Crippen molar-refractivity contribution in [3.8, 4) is 23.0 Å². The van der Waals surface area contributed by atoms with E-state index in [1.165, 1.54) is 16.7 Å². The molecule has 1 aliphatic rings. The third kappa shape index (κ3) is 3.22. The highest BCUT2D eigenvalue weighted by Gasteiger charge is 2.47. The molecule has 0 aromatic heterocycles. The van der Waals surface area contributed by atoms with Gasteiger partial charge in [-0.3, -0.25) is 0 Å². The number of rotatable bonds is 5. The number of fused-ring (bicyclic) bond motifs is 1. The summed E-state index contributed by atoms with van der Waals surface area (Å²) in [6.07, 6.45) is 0. The summed E-state index contributed by atoms with van der Waals surface area (Å²) in [4.78, 5) is 0. The zero-order chi connectivity index (χ0) is 20.7. The van der Waals surface area contributed by atoms with Crippen LogP contribution >= 0.6 is 0 Å². The quantitative estimate of drug-likeness (QED) is 0.401. The molecule has 30 heavy (non-hydrogen) atoms. The molecule has 4 aromatic carbocycles. The average Bonchev–Trinajstić information content (AvgIpc) is 3.36. The predicted octanol–water partition coefficient (Wildman–Crippen LogP) is 6.10. The maximum Gasteiger partial charge on any atom is 0.127 e. The molecular formula is C26H22N2O2. The van der Waals surface area contributed by atoms with Crippen molar-refractivity contribution in [1.29, 1.82) is 0 Å². The molecule has 1 unspecified atom stereocenters. The summed E-state index contributed by atoms with van der Waals surface area (Å²) in [5.41, 5.74) is 16.6. The molecule has 148 valence electrons. The van der Waals surface area contributed by atoms with E-state index in [0.29, 0.717) is 0 Å². The highest BCUT2D eigenvalue weighted by Crippen LogP contribution is 2.55. The second-order valence-electron chi connectivity index (χ2n) is 7.70. The van der Waals surface area contributed by atoms with Crippen LogP contribution in [0.5, 0.6) is 23.0 Å². The SMILES string of the molecule is CC1(c2ccc(Oc3ccc(N)cc3)cc2)c2ccc(Oc3ccc(N)cc3)cc21. The fourth-order valence-electron chi connectivity index (χ4n) is 3.83. The van der Waals surface area contributed by atoms with E-state index < -0.39 is 0 Å². The minimum absolute atomic E-state index is 0.0948. The van der Waals surface area contributed by atoms with Crippen LogP contribution in [-0.2, 0) is 5.41 Å². The van der Waals surface area contributed by atoms with Gasteiger partial charge in [0.15, 0.2) is 0 Å². The fraction of sp³-hybridized carbons (Fsp3) is 0.0769. The highest BCUT2D eigenvalue weighted by molar-refractivity contribution is 5.68. The summed E-state index contributed by atoms with van der Waals surface area (Å²) in [5.74, 6) is 3.16. The van der Waals surface area contributed by atoms with Gasteiger partial charge in [-0.2, -0.15) is 0 Å². The van der Waals surface area contributed by atoms with E-state index >= 15 is 0 Å². The van der Waals surface area contributed by atoms with Crippen molar-refractivity contribution in [2.45, 2.75) is 12.3 Å². The van der Waals surface area contributed by atoms with Crippen LogP contribution in [0.2, 0.25) is 0 Å². The van der Waals surface area contributed by atoms with Gasteiger partial charge in [0.25, 0.3) is 0 Å². The van der Waals surface area contributed by atoms with Gasteiger partial charge in [0.05, 0.1) is 0 Å². The molecule has 4 nitrogen and oxygen atoms in total. The molecule has 4 N–H and O–H groups in total. The molecule has 1 aliphatic carbocycles. The van der Waals surface area contributed by atoms with Crippen LogP contribution in [0.15, 0.2) is 91.0 Å². The fourth-order valence-corrected chi connectivity index (χ4v) is 3.83. The first-order valence-electron chi connectivity index (χ1n) is 9.85. The second kappa shape index (κ2) is 6.85. The van der Waals surface area contributed by atoms with E-state index in [4.69, 9.17) is 20.9 Å². The Morgan fingerprint density at radius 3 is 1.50 bits per heavy atom. The number of anilines is 2. The molecule has 4 heteroatoms. The standard InChI is InChI=1S/C26H22N2O2/c1-26(17-2-8-20(9-3-17)29-21-10-4-18(27)5-11-21)24-15-14-23(16-25(24)26)30-22-12-6-19(28)7-13-22/h2-16H,27-28H2,1H3. The molecule has 0 heterocycles. The van der Waals surface area contributed by atoms with Crippen molar-refractivity contribution >= 4 is 11.4 Å². The van der Waals surface area contributed by atoms with E-state index in [1.54, 1.807) is 0 Å². The molecule has 0 saturated carbocycles. The molecule has 0 spiro atoms. The van der Waals surface area contributed by atoms with Crippen LogP contribution in [0.1, 0.15) is 23.6 Å². The van der Waals surface area contributed by atoms with Crippen molar-refractivity contribution in [3.05, 3.63) is 108 Å². The summed E-state index contributed by atoms with van der Waals surface area (Å²) in [5, 5.41) is 0. The monoisotopic (exact) mass is 394 g/mol. The van der Waals surface area contributed by atoms with Crippen molar-refractivity contribution in [3.63, 3.8) is 0 Å². The summed E-state index contributed by atoms with van der Waals surface area (Å²) in [6.45, 7) is 2.24. The van der Waals surface area contributed by atoms with Gasteiger partial charge >= 0.3 is 0 Å². The number of hydrogen-bond acceptors (Lipinski definition) is 4. The van der Waals surface area contributed by atoms with Crippen molar-refractivity contribution in [2.75, 3.05) is 11.5 Å². The Balaban J connectivity index is 1.32. The molecular weight excluding hydrogens is 372 g/mol. The van der Waals surface area contributed by atoms with Gasteiger partial charge in [0, 0.05) is 16.8 Å². The van der Waals surface area contributed by atoms with Gasteiger partial charge in [-0.1, -0.05) is 18.2 Å². The number of nitrogen functional groups attached to an aromatic ring is 2. The minimum atomic E-state index is -0.0948. The molecule has 1 atom stereocenters. The largest absolute Gasteiger partial charge is 0.457 e. The number of ether oxygens (including phenoxy) is 2. The first kappa shape index (κ1) is 18.1. The summed E-state index contributed by atoms with van der Waals surface area (Å²) in [6, 6.07) is 29.3. The number of hydrogen-bond donors (Lipinski definition) is 2. The molecule has 0 saturated heterocycles. The van der Waals surface area contributed by atoms with Crippen molar-refractivity contribution < 1.29 is 9.47 Å². The van der Waals surface area contributed by atoms with E-state index in [9.17, 15) is 0 Å². The summed E-state index contributed by atoms with van der Waals surface area (Å²) >= 11 is 0. The van der Waals surface area contributed by atoms with Crippen LogP contribution in [0.3, 0.4) is 0 Å². The zero-order valence-electron chi connectivity index (χ0n) is 16.6. The van der Waals surface area contributed by atoms with E-state index in [1.807, 2.05) is 66.7 Å². The lowest BCUT2D eigenvalue weighted by Crippen LogP contribution is -2.03. The smallest absolute Gasteiger partial charge is 0.127 e. The normalized spacial score (nSPS) is 16.6. The van der Waals surface area contributed by atoms with Crippen LogP contribution in [0.25, 0.3) is 0 Å². The Hall–Kier alpha value is -3.92. The van der Waals surface area contributed by atoms with Crippen LogP contribution in [0, 0.1) is 0 Å². The third-order valence-corrected chi connectivity index (χ3v) is 5.67. The predicted molar refractivity (Wildman–Crippen MR) is 120 cm³/mol. The summed E-state index contributed by atoms with van der Waals surface area (Å²) < 4.78 is 11.9. The van der Waals surface area contributed by atoms with Gasteiger partial charge < -0.3 is 20.9 Å². The number of benzene rings is 4. The lowest BCUT2D eigenvalue weighted by atomic mass is 9.93. The van der Waals surface area contributed by atoms with Crippen LogP contribution < -0.4 is 20.9 Å². The zero-order valence-corrected chi connectivity index (χ0v) is 16.6. The Labute approximate surface area is 175 Å². The van der Waals surface area contributed by atoms with Gasteiger partial charge in [0.2, 0.25) is 0 Å². The summed E-state index contributed by atoms with van der Waals surface area (Å²) in [7, 11) is 0.